The number of hydrogen-bond donors (Lipinski definition) is 1. The van der Waals surface area contributed by atoms with Gasteiger partial charge in [0.15, 0.2) is 0 Å². The standard InChI is InChI=1S/C9H10O5S/c10-9(11)7-3-4-8(14-7)15(12,13)5-6-1-2-6/h3-4,6H,1-2,5H2,(H,10,11). The molecule has 0 spiro atoms. The van der Waals surface area contributed by atoms with Gasteiger partial charge in [0.1, 0.15) is 0 Å². The monoisotopic (exact) mass is 230 g/mol. The molecule has 15 heavy (non-hydrogen) atoms. The summed E-state index contributed by atoms with van der Waals surface area (Å²) < 4.78 is 28.0. The molecule has 0 aromatic carbocycles. The summed E-state index contributed by atoms with van der Waals surface area (Å²) >= 11 is 0. The summed E-state index contributed by atoms with van der Waals surface area (Å²) in [5, 5.41) is 8.33. The van der Waals surface area contributed by atoms with Gasteiger partial charge in [0.05, 0.1) is 5.75 Å². The van der Waals surface area contributed by atoms with E-state index in [1.807, 2.05) is 0 Å². The van der Waals surface area contributed by atoms with Crippen LogP contribution in [0.4, 0.5) is 0 Å². The number of rotatable bonds is 4. The predicted molar refractivity (Wildman–Crippen MR) is 50.4 cm³/mol. The van der Waals surface area contributed by atoms with Gasteiger partial charge in [-0.15, -0.1) is 0 Å². The molecule has 6 heteroatoms. The van der Waals surface area contributed by atoms with Crippen LogP contribution in [0.25, 0.3) is 0 Å². The highest BCUT2D eigenvalue weighted by Gasteiger charge is 2.31. The van der Waals surface area contributed by atoms with Gasteiger partial charge in [-0.05, 0) is 30.9 Å². The molecule has 1 heterocycles. The van der Waals surface area contributed by atoms with Crippen LogP contribution in [0.2, 0.25) is 0 Å². The first kappa shape index (κ1) is 10.2. The molecule has 82 valence electrons. The number of carboxylic acid groups (broad SMARTS) is 1. The Morgan fingerprint density at radius 3 is 2.60 bits per heavy atom. The van der Waals surface area contributed by atoms with Crippen LogP contribution in [0, 0.1) is 5.92 Å². The molecule has 2 rings (SSSR count). The van der Waals surface area contributed by atoms with Crippen LogP contribution < -0.4 is 0 Å². The maximum absolute atomic E-state index is 11.6. The normalized spacial score (nSPS) is 16.5. The Bertz CT molecular complexity index is 480. The summed E-state index contributed by atoms with van der Waals surface area (Å²) in [6, 6.07) is 2.35. The lowest BCUT2D eigenvalue weighted by atomic mass is 10.5. The van der Waals surface area contributed by atoms with Crippen LogP contribution in [0.1, 0.15) is 23.4 Å². The lowest BCUT2D eigenvalue weighted by molar-refractivity contribution is 0.0656. The van der Waals surface area contributed by atoms with Crippen LogP contribution in [-0.2, 0) is 9.84 Å². The van der Waals surface area contributed by atoms with Crippen molar-refractivity contribution in [1.29, 1.82) is 0 Å². The Labute approximate surface area is 86.6 Å². The predicted octanol–water partition coefficient (Wildman–Crippen LogP) is 1.16. The van der Waals surface area contributed by atoms with Crippen molar-refractivity contribution in [3.05, 3.63) is 17.9 Å². The van der Waals surface area contributed by atoms with E-state index < -0.39 is 15.8 Å². The minimum Gasteiger partial charge on any atom is -0.475 e. The molecule has 1 N–H and O–H groups in total. The van der Waals surface area contributed by atoms with Gasteiger partial charge in [-0.3, -0.25) is 0 Å². The van der Waals surface area contributed by atoms with Gasteiger partial charge in [-0.25, -0.2) is 13.2 Å². The second-order valence-electron chi connectivity index (χ2n) is 3.65. The molecular formula is C9H10O5S. The molecule has 0 unspecified atom stereocenters. The van der Waals surface area contributed by atoms with Gasteiger partial charge in [0.25, 0.3) is 0 Å². The molecule has 0 saturated heterocycles. The van der Waals surface area contributed by atoms with Crippen molar-refractivity contribution in [3.8, 4) is 0 Å². The van der Waals surface area contributed by atoms with Gasteiger partial charge < -0.3 is 9.52 Å². The molecule has 0 radical (unpaired) electrons. The van der Waals surface area contributed by atoms with Crippen molar-refractivity contribution in [3.63, 3.8) is 0 Å². The number of sulfone groups is 1. The number of carboxylic acids is 1. The summed E-state index contributed by atoms with van der Waals surface area (Å²) in [6.07, 6.45) is 1.84. The van der Waals surface area contributed by atoms with E-state index in [1.54, 1.807) is 0 Å². The fraction of sp³-hybridized carbons (Fsp3) is 0.444. The summed E-state index contributed by atoms with van der Waals surface area (Å²) in [5.74, 6) is -1.33. The number of hydrogen-bond acceptors (Lipinski definition) is 4. The maximum Gasteiger partial charge on any atom is 0.371 e. The van der Waals surface area contributed by atoms with Crippen molar-refractivity contribution in [1.82, 2.24) is 0 Å². The zero-order valence-corrected chi connectivity index (χ0v) is 8.66. The van der Waals surface area contributed by atoms with Crippen LogP contribution >= 0.6 is 0 Å². The van der Waals surface area contributed by atoms with E-state index >= 15 is 0 Å². The molecule has 1 aliphatic carbocycles. The zero-order valence-electron chi connectivity index (χ0n) is 7.84. The van der Waals surface area contributed by atoms with Crippen molar-refractivity contribution >= 4 is 15.8 Å². The van der Waals surface area contributed by atoms with E-state index in [0.717, 1.165) is 18.9 Å². The lowest BCUT2D eigenvalue weighted by Crippen LogP contribution is -2.07. The molecule has 1 aromatic rings. The Morgan fingerprint density at radius 2 is 2.13 bits per heavy atom. The first-order valence-electron chi connectivity index (χ1n) is 4.55. The largest absolute Gasteiger partial charge is 0.475 e. The second-order valence-corrected chi connectivity index (χ2v) is 5.61. The highest BCUT2D eigenvalue weighted by Crippen LogP contribution is 2.32. The highest BCUT2D eigenvalue weighted by molar-refractivity contribution is 7.91. The first-order valence-corrected chi connectivity index (χ1v) is 6.20. The zero-order chi connectivity index (χ0) is 11.1. The maximum atomic E-state index is 11.6. The number of carbonyl (C=O) groups is 1. The fourth-order valence-electron chi connectivity index (χ4n) is 1.28. The summed E-state index contributed by atoms with van der Waals surface area (Å²) in [6.45, 7) is 0. The minimum absolute atomic E-state index is 0.0551. The van der Waals surface area contributed by atoms with Gasteiger partial charge >= 0.3 is 5.97 Å². The molecule has 0 atom stereocenters. The van der Waals surface area contributed by atoms with Crippen molar-refractivity contribution in [2.75, 3.05) is 5.75 Å². The third kappa shape index (κ3) is 2.20. The van der Waals surface area contributed by atoms with E-state index in [0.29, 0.717) is 0 Å². The third-order valence-electron chi connectivity index (χ3n) is 2.25. The van der Waals surface area contributed by atoms with E-state index in [4.69, 9.17) is 9.52 Å². The molecule has 1 aromatic heterocycles. The Balaban J connectivity index is 2.23. The van der Waals surface area contributed by atoms with Crippen LogP contribution in [0.5, 0.6) is 0 Å². The number of aromatic carboxylic acids is 1. The van der Waals surface area contributed by atoms with Gasteiger partial charge in [-0.2, -0.15) is 0 Å². The Morgan fingerprint density at radius 1 is 1.47 bits per heavy atom. The third-order valence-corrected chi connectivity index (χ3v) is 3.99. The van der Waals surface area contributed by atoms with Crippen molar-refractivity contribution in [2.45, 2.75) is 17.9 Å². The van der Waals surface area contributed by atoms with Crippen molar-refractivity contribution < 1.29 is 22.7 Å². The van der Waals surface area contributed by atoms with Crippen LogP contribution in [0.3, 0.4) is 0 Å². The van der Waals surface area contributed by atoms with E-state index in [9.17, 15) is 13.2 Å². The highest BCUT2D eigenvalue weighted by atomic mass is 32.2. The van der Waals surface area contributed by atoms with Crippen molar-refractivity contribution in [2.24, 2.45) is 5.92 Å². The van der Waals surface area contributed by atoms with Gasteiger partial charge in [-0.1, -0.05) is 0 Å². The van der Waals surface area contributed by atoms with Gasteiger partial charge in [0, 0.05) is 0 Å². The number of furan rings is 1. The molecule has 1 fully saturated rings. The van der Waals surface area contributed by atoms with Crippen LogP contribution in [-0.4, -0.2) is 25.2 Å². The average molecular weight is 230 g/mol. The molecule has 1 aliphatic rings. The Hall–Kier alpha value is -1.30. The smallest absolute Gasteiger partial charge is 0.371 e. The SMILES string of the molecule is O=C(O)c1ccc(S(=O)(=O)CC2CC2)o1. The first-order chi connectivity index (χ1) is 6.99. The topological polar surface area (TPSA) is 84.6 Å². The molecule has 5 nitrogen and oxygen atoms in total. The summed E-state index contributed by atoms with van der Waals surface area (Å²) in [5.41, 5.74) is 0. The molecule has 0 aliphatic heterocycles. The minimum atomic E-state index is -3.44. The Kier molecular flexibility index (Phi) is 2.30. The molecule has 0 bridgehead atoms. The van der Waals surface area contributed by atoms with E-state index in [2.05, 4.69) is 0 Å². The fourth-order valence-corrected chi connectivity index (χ4v) is 2.89. The summed E-state index contributed by atoms with van der Waals surface area (Å²) in [4.78, 5) is 10.5. The van der Waals surface area contributed by atoms with E-state index in [1.165, 1.54) is 6.07 Å². The average Bonchev–Trinajstić information content (AvgIpc) is 2.80. The summed E-state index contributed by atoms with van der Waals surface area (Å²) in [7, 11) is -3.44. The second kappa shape index (κ2) is 3.37. The molecule has 1 saturated carbocycles. The van der Waals surface area contributed by atoms with E-state index in [-0.39, 0.29) is 22.5 Å². The van der Waals surface area contributed by atoms with Crippen LogP contribution in [0.15, 0.2) is 21.6 Å². The quantitative estimate of drug-likeness (QED) is 0.839. The molecule has 0 amide bonds. The molecular weight excluding hydrogens is 220 g/mol. The lowest BCUT2D eigenvalue weighted by Gasteiger charge is -1.97. The van der Waals surface area contributed by atoms with Gasteiger partial charge in [0.2, 0.25) is 20.7 Å².